The van der Waals surface area contributed by atoms with E-state index in [0.29, 0.717) is 12.5 Å². The van der Waals surface area contributed by atoms with Gasteiger partial charge < -0.3 is 20.1 Å². The number of guanidine groups is 1. The third-order valence-electron chi connectivity index (χ3n) is 5.83. The molecule has 0 saturated carbocycles. The maximum Gasteiger partial charge on any atom is 0.191 e. The highest BCUT2D eigenvalue weighted by Crippen LogP contribution is 2.23. The molecule has 7 nitrogen and oxygen atoms in total. The number of halogens is 1. The van der Waals surface area contributed by atoms with E-state index in [0.717, 1.165) is 56.7 Å². The number of rotatable bonds is 7. The number of aryl methyl sites for hydroxylation is 1. The average Bonchev–Trinajstić information content (AvgIpc) is 3.22. The zero-order valence-corrected chi connectivity index (χ0v) is 21.8. The highest BCUT2D eigenvalue weighted by molar-refractivity contribution is 14.0. The van der Waals surface area contributed by atoms with Crippen LogP contribution in [-0.4, -0.2) is 62.3 Å². The van der Waals surface area contributed by atoms with Crippen molar-refractivity contribution in [1.29, 1.82) is 0 Å². The van der Waals surface area contributed by atoms with Gasteiger partial charge in [-0.3, -0.25) is 9.89 Å². The van der Waals surface area contributed by atoms with Crippen LogP contribution in [0.1, 0.15) is 42.3 Å². The lowest BCUT2D eigenvalue weighted by atomic mass is 10.1. The molecule has 1 aliphatic rings. The molecule has 0 atom stereocenters. The van der Waals surface area contributed by atoms with Crippen molar-refractivity contribution in [3.05, 3.63) is 46.8 Å². The molecule has 1 aliphatic heterocycles. The summed E-state index contributed by atoms with van der Waals surface area (Å²) < 4.78 is 5.37. The maximum atomic E-state index is 5.37. The molecule has 0 radical (unpaired) electrons. The van der Waals surface area contributed by atoms with Crippen LogP contribution in [0.2, 0.25) is 0 Å². The van der Waals surface area contributed by atoms with Crippen LogP contribution in [0.5, 0.6) is 0 Å². The number of piperazine rings is 1. The van der Waals surface area contributed by atoms with Crippen molar-refractivity contribution >= 4 is 35.6 Å². The third-order valence-corrected chi connectivity index (χ3v) is 5.83. The van der Waals surface area contributed by atoms with Crippen molar-refractivity contribution in [3.8, 4) is 0 Å². The van der Waals surface area contributed by atoms with E-state index in [1.165, 1.54) is 16.8 Å². The second kappa shape index (κ2) is 12.3. The first-order chi connectivity index (χ1) is 14.5. The van der Waals surface area contributed by atoms with Crippen LogP contribution in [0.3, 0.4) is 0 Å². The molecule has 1 fully saturated rings. The lowest BCUT2D eigenvalue weighted by Gasteiger charge is -2.37. The van der Waals surface area contributed by atoms with Gasteiger partial charge in [-0.1, -0.05) is 31.1 Å². The molecular weight excluding hydrogens is 503 g/mol. The predicted molar refractivity (Wildman–Crippen MR) is 139 cm³/mol. The van der Waals surface area contributed by atoms with E-state index in [4.69, 9.17) is 4.52 Å². The summed E-state index contributed by atoms with van der Waals surface area (Å²) in [5.41, 5.74) is 5.12. The van der Waals surface area contributed by atoms with Crippen molar-refractivity contribution in [3.63, 3.8) is 0 Å². The Bertz CT molecular complexity index is 842. The number of benzene rings is 1. The maximum absolute atomic E-state index is 5.37. The minimum atomic E-state index is 0. The summed E-state index contributed by atoms with van der Waals surface area (Å²) in [6, 6.07) is 8.59. The summed E-state index contributed by atoms with van der Waals surface area (Å²) in [5, 5.41) is 10.8. The van der Waals surface area contributed by atoms with E-state index >= 15 is 0 Å². The molecule has 3 rings (SSSR count). The topological polar surface area (TPSA) is 68.9 Å². The summed E-state index contributed by atoms with van der Waals surface area (Å²) >= 11 is 0. The molecule has 2 heterocycles. The van der Waals surface area contributed by atoms with Crippen LogP contribution < -0.4 is 15.5 Å². The molecule has 172 valence electrons. The van der Waals surface area contributed by atoms with Gasteiger partial charge in [0.2, 0.25) is 0 Å². The SMILES string of the molecule is CN=C(NCCN1CCN(c2cccc(C)c2C)CC1)NCc1cc(C(C)C)no1.I. The minimum Gasteiger partial charge on any atom is -0.369 e. The first-order valence-corrected chi connectivity index (χ1v) is 10.9. The summed E-state index contributed by atoms with van der Waals surface area (Å²) in [5.74, 6) is 1.98. The Morgan fingerprint density at radius 3 is 2.55 bits per heavy atom. The highest BCUT2D eigenvalue weighted by atomic mass is 127. The molecule has 0 amide bonds. The molecule has 0 aliphatic carbocycles. The predicted octanol–water partition coefficient (Wildman–Crippen LogP) is 3.52. The van der Waals surface area contributed by atoms with Crippen LogP contribution in [-0.2, 0) is 6.54 Å². The fourth-order valence-corrected chi connectivity index (χ4v) is 3.70. The van der Waals surface area contributed by atoms with Crippen LogP contribution in [0.25, 0.3) is 0 Å². The first kappa shape index (κ1) is 25.5. The Labute approximate surface area is 203 Å². The molecule has 1 saturated heterocycles. The van der Waals surface area contributed by atoms with E-state index < -0.39 is 0 Å². The van der Waals surface area contributed by atoms with Gasteiger partial charge in [-0.2, -0.15) is 0 Å². The van der Waals surface area contributed by atoms with Crippen molar-refractivity contribution < 1.29 is 4.52 Å². The average molecular weight is 540 g/mol. The Kier molecular flexibility index (Phi) is 10.1. The fourth-order valence-electron chi connectivity index (χ4n) is 3.70. The van der Waals surface area contributed by atoms with Gasteiger partial charge in [-0.05, 0) is 37.0 Å². The second-order valence-electron chi connectivity index (χ2n) is 8.27. The van der Waals surface area contributed by atoms with Gasteiger partial charge in [0.15, 0.2) is 11.7 Å². The Hall–Kier alpha value is -1.81. The van der Waals surface area contributed by atoms with Crippen LogP contribution in [0, 0.1) is 13.8 Å². The van der Waals surface area contributed by atoms with Gasteiger partial charge in [0.1, 0.15) is 0 Å². The third kappa shape index (κ3) is 7.10. The van der Waals surface area contributed by atoms with E-state index in [1.54, 1.807) is 7.05 Å². The van der Waals surface area contributed by atoms with Crippen LogP contribution in [0.4, 0.5) is 5.69 Å². The smallest absolute Gasteiger partial charge is 0.191 e. The zero-order valence-electron chi connectivity index (χ0n) is 19.4. The van der Waals surface area contributed by atoms with E-state index in [-0.39, 0.29) is 24.0 Å². The Morgan fingerprint density at radius 2 is 1.90 bits per heavy atom. The minimum absolute atomic E-state index is 0. The molecule has 31 heavy (non-hydrogen) atoms. The van der Waals surface area contributed by atoms with Crippen molar-refractivity contribution in [1.82, 2.24) is 20.7 Å². The first-order valence-electron chi connectivity index (χ1n) is 10.9. The van der Waals surface area contributed by atoms with Gasteiger partial charge in [-0.25, -0.2) is 0 Å². The quantitative estimate of drug-likeness (QED) is 0.318. The zero-order chi connectivity index (χ0) is 21.5. The second-order valence-corrected chi connectivity index (χ2v) is 8.27. The van der Waals surface area contributed by atoms with Gasteiger partial charge in [-0.15, -0.1) is 24.0 Å². The largest absolute Gasteiger partial charge is 0.369 e. The number of anilines is 1. The Balaban J connectivity index is 0.00000341. The molecule has 0 spiro atoms. The van der Waals surface area contributed by atoms with Gasteiger partial charge in [0, 0.05) is 58.1 Å². The lowest BCUT2D eigenvalue weighted by Crippen LogP contribution is -2.49. The summed E-state index contributed by atoms with van der Waals surface area (Å²) in [7, 11) is 1.79. The standard InChI is InChI=1S/C23H36N6O.HI/c1-17(2)21-15-20(30-27-21)16-26-23(24-5)25-9-10-28-11-13-29(14-12-28)22-8-6-7-18(3)19(22)4;/h6-8,15,17H,9-14,16H2,1-5H3,(H2,24,25,26);1H. The van der Waals surface area contributed by atoms with Crippen molar-refractivity contribution in [2.24, 2.45) is 4.99 Å². The number of aromatic nitrogens is 1. The summed E-state index contributed by atoms with van der Waals surface area (Å²) in [6.45, 7) is 15.4. The molecule has 2 aromatic rings. The number of nitrogens with zero attached hydrogens (tertiary/aromatic N) is 4. The van der Waals surface area contributed by atoms with Crippen LogP contribution in [0.15, 0.2) is 33.8 Å². The molecule has 1 aromatic carbocycles. The summed E-state index contributed by atoms with van der Waals surface area (Å²) in [4.78, 5) is 9.32. The van der Waals surface area contributed by atoms with Gasteiger partial charge in [0.25, 0.3) is 0 Å². The number of aliphatic imine (C=N–C) groups is 1. The molecule has 0 bridgehead atoms. The van der Waals surface area contributed by atoms with Crippen LogP contribution >= 0.6 is 24.0 Å². The normalized spacial score (nSPS) is 15.2. The van der Waals surface area contributed by atoms with E-state index in [2.05, 4.69) is 76.5 Å². The molecule has 2 N–H and O–H groups in total. The summed E-state index contributed by atoms with van der Waals surface area (Å²) in [6.07, 6.45) is 0. The number of hydrogen-bond donors (Lipinski definition) is 2. The lowest BCUT2D eigenvalue weighted by molar-refractivity contribution is 0.261. The van der Waals surface area contributed by atoms with E-state index in [9.17, 15) is 0 Å². The molecule has 1 aromatic heterocycles. The monoisotopic (exact) mass is 540 g/mol. The Morgan fingerprint density at radius 1 is 1.16 bits per heavy atom. The van der Waals surface area contributed by atoms with Crippen molar-refractivity contribution in [2.75, 3.05) is 51.2 Å². The molecule has 0 unspecified atom stereocenters. The fraction of sp³-hybridized carbons (Fsp3) is 0.565. The number of nitrogens with one attached hydrogen (secondary N) is 2. The molecular formula is C23H37IN6O. The highest BCUT2D eigenvalue weighted by Gasteiger charge is 2.18. The van der Waals surface area contributed by atoms with Gasteiger partial charge in [0.05, 0.1) is 12.2 Å². The van der Waals surface area contributed by atoms with Gasteiger partial charge >= 0.3 is 0 Å². The van der Waals surface area contributed by atoms with Crippen molar-refractivity contribution in [2.45, 2.75) is 40.2 Å². The number of hydrogen-bond acceptors (Lipinski definition) is 5. The molecule has 8 heteroatoms. The van der Waals surface area contributed by atoms with E-state index in [1.807, 2.05) is 6.07 Å².